The van der Waals surface area contributed by atoms with Crippen molar-refractivity contribution in [3.8, 4) is 0 Å². The Balaban J connectivity index is 3.00. The number of rotatable bonds is 5. The van der Waals surface area contributed by atoms with Gasteiger partial charge in [0.05, 0.1) is 0 Å². The Morgan fingerprint density at radius 1 is 1.50 bits per heavy atom. The van der Waals surface area contributed by atoms with Crippen molar-refractivity contribution in [2.75, 3.05) is 6.54 Å². The van der Waals surface area contributed by atoms with E-state index in [0.29, 0.717) is 13.0 Å². The van der Waals surface area contributed by atoms with Crippen molar-refractivity contribution in [2.24, 2.45) is 0 Å². The lowest BCUT2D eigenvalue weighted by Gasteiger charge is -2.14. The molecule has 88 valence electrons. The summed E-state index contributed by atoms with van der Waals surface area (Å²) in [5, 5.41) is 11.6. The van der Waals surface area contributed by atoms with E-state index in [1.807, 2.05) is 6.92 Å². The molecule has 2 N–H and O–H groups in total. The van der Waals surface area contributed by atoms with Crippen LogP contribution in [-0.4, -0.2) is 17.6 Å². The third-order valence-corrected chi connectivity index (χ3v) is 2.11. The van der Waals surface area contributed by atoms with Gasteiger partial charge in [-0.15, -0.1) is 0 Å². The average Bonchev–Trinajstić information content (AvgIpc) is 2.23. The van der Waals surface area contributed by atoms with Crippen LogP contribution < -0.4 is 5.32 Å². The fraction of sp³-hybridized carbons (Fsp3) is 0.364. The lowest BCUT2D eigenvalue weighted by atomic mass is 10.1. The number of benzene rings is 1. The summed E-state index contributed by atoms with van der Waals surface area (Å²) in [5.74, 6) is -2.60. The predicted molar refractivity (Wildman–Crippen MR) is 55.0 cm³/mol. The van der Waals surface area contributed by atoms with E-state index in [9.17, 15) is 13.6 Å². The first-order valence-corrected chi connectivity index (χ1v) is 4.97. The Bertz CT molecular complexity index is 382. The summed E-state index contributed by atoms with van der Waals surface area (Å²) in [4.78, 5) is 10.9. The number of halogens is 2. The van der Waals surface area contributed by atoms with Gasteiger partial charge in [0.1, 0.15) is 17.7 Å². The lowest BCUT2D eigenvalue weighted by Crippen LogP contribution is -2.29. The van der Waals surface area contributed by atoms with Gasteiger partial charge in [-0.25, -0.2) is 8.78 Å². The molecule has 0 bridgehead atoms. The molecule has 0 saturated heterocycles. The largest absolute Gasteiger partial charge is 0.480 e. The van der Waals surface area contributed by atoms with Crippen LogP contribution in [0.5, 0.6) is 0 Å². The van der Waals surface area contributed by atoms with Crippen molar-refractivity contribution in [2.45, 2.75) is 19.4 Å². The van der Waals surface area contributed by atoms with Crippen molar-refractivity contribution in [3.63, 3.8) is 0 Å². The highest BCUT2D eigenvalue weighted by Gasteiger charge is 2.22. The molecule has 1 unspecified atom stereocenters. The van der Waals surface area contributed by atoms with Gasteiger partial charge in [0.15, 0.2) is 0 Å². The third-order valence-electron chi connectivity index (χ3n) is 2.11. The zero-order chi connectivity index (χ0) is 12.1. The van der Waals surface area contributed by atoms with Crippen LogP contribution in [0.3, 0.4) is 0 Å². The first kappa shape index (κ1) is 12.6. The quantitative estimate of drug-likeness (QED) is 0.812. The summed E-state index contributed by atoms with van der Waals surface area (Å²) >= 11 is 0. The Morgan fingerprint density at radius 2 is 2.19 bits per heavy atom. The van der Waals surface area contributed by atoms with Crippen LogP contribution >= 0.6 is 0 Å². The number of carboxylic acid groups (broad SMARTS) is 1. The van der Waals surface area contributed by atoms with Gasteiger partial charge in [-0.2, -0.15) is 0 Å². The van der Waals surface area contributed by atoms with Gasteiger partial charge in [-0.1, -0.05) is 6.92 Å². The number of nitrogens with one attached hydrogen (secondary N) is 1. The first-order chi connectivity index (χ1) is 7.56. The molecule has 1 aromatic carbocycles. The van der Waals surface area contributed by atoms with Crippen molar-refractivity contribution >= 4 is 5.97 Å². The van der Waals surface area contributed by atoms with Gasteiger partial charge >= 0.3 is 5.97 Å². The highest BCUT2D eigenvalue weighted by atomic mass is 19.1. The molecule has 3 nitrogen and oxygen atoms in total. The summed E-state index contributed by atoms with van der Waals surface area (Å²) < 4.78 is 26.2. The monoisotopic (exact) mass is 229 g/mol. The van der Waals surface area contributed by atoms with Gasteiger partial charge in [-0.3, -0.25) is 4.79 Å². The van der Waals surface area contributed by atoms with Crippen LogP contribution in [-0.2, 0) is 4.79 Å². The molecular weight excluding hydrogens is 216 g/mol. The van der Waals surface area contributed by atoms with E-state index in [-0.39, 0.29) is 5.56 Å². The maximum Gasteiger partial charge on any atom is 0.325 e. The van der Waals surface area contributed by atoms with Crippen molar-refractivity contribution in [3.05, 3.63) is 35.4 Å². The lowest BCUT2D eigenvalue weighted by molar-refractivity contribution is -0.139. The van der Waals surface area contributed by atoms with Gasteiger partial charge in [0.2, 0.25) is 0 Å². The van der Waals surface area contributed by atoms with Crippen molar-refractivity contribution in [1.82, 2.24) is 5.32 Å². The molecular formula is C11H13F2NO2. The number of hydrogen-bond acceptors (Lipinski definition) is 2. The standard InChI is InChI=1S/C11H13F2NO2/c1-2-5-14-10(11(15)16)8-6-7(12)3-4-9(8)13/h3-4,6,10,14H,2,5H2,1H3,(H,15,16). The molecule has 0 aliphatic rings. The minimum Gasteiger partial charge on any atom is -0.480 e. The molecule has 16 heavy (non-hydrogen) atoms. The van der Waals surface area contributed by atoms with Crippen LogP contribution in [0, 0.1) is 11.6 Å². The van der Waals surface area contributed by atoms with E-state index in [4.69, 9.17) is 5.11 Å². The van der Waals surface area contributed by atoms with Crippen LogP contribution in [0.25, 0.3) is 0 Å². The molecule has 0 spiro atoms. The topological polar surface area (TPSA) is 49.3 Å². The van der Waals surface area contributed by atoms with Gasteiger partial charge in [-0.05, 0) is 31.2 Å². The van der Waals surface area contributed by atoms with E-state index >= 15 is 0 Å². The minimum atomic E-state index is -1.22. The molecule has 1 atom stereocenters. The Hall–Kier alpha value is -1.49. The molecule has 0 radical (unpaired) electrons. The van der Waals surface area contributed by atoms with Crippen LogP contribution in [0.2, 0.25) is 0 Å². The average molecular weight is 229 g/mol. The SMILES string of the molecule is CCCNC(C(=O)O)c1cc(F)ccc1F. The smallest absolute Gasteiger partial charge is 0.325 e. The molecule has 0 amide bonds. The molecule has 0 aromatic heterocycles. The molecule has 1 aromatic rings. The van der Waals surface area contributed by atoms with Gasteiger partial charge < -0.3 is 10.4 Å². The maximum absolute atomic E-state index is 13.3. The fourth-order valence-electron chi connectivity index (χ4n) is 1.35. The second-order valence-electron chi connectivity index (χ2n) is 3.39. The predicted octanol–water partition coefficient (Wildman–Crippen LogP) is 2.09. The maximum atomic E-state index is 13.3. The zero-order valence-corrected chi connectivity index (χ0v) is 8.84. The summed E-state index contributed by atoms with van der Waals surface area (Å²) in [5.41, 5.74) is -0.180. The van der Waals surface area contributed by atoms with Crippen LogP contribution in [0.4, 0.5) is 8.78 Å². The highest BCUT2D eigenvalue weighted by molar-refractivity contribution is 5.75. The van der Waals surface area contributed by atoms with Crippen LogP contribution in [0.1, 0.15) is 24.9 Å². The number of hydrogen-bond donors (Lipinski definition) is 2. The third kappa shape index (κ3) is 3.00. The Labute approximate surface area is 92.1 Å². The number of carboxylic acids is 1. The van der Waals surface area contributed by atoms with E-state index in [1.165, 1.54) is 0 Å². The molecule has 0 heterocycles. The number of aliphatic carboxylic acids is 1. The van der Waals surface area contributed by atoms with Crippen molar-refractivity contribution < 1.29 is 18.7 Å². The Kier molecular flexibility index (Phi) is 4.37. The normalized spacial score (nSPS) is 12.4. The van der Waals surface area contributed by atoms with Crippen LogP contribution in [0.15, 0.2) is 18.2 Å². The fourth-order valence-corrected chi connectivity index (χ4v) is 1.35. The molecule has 0 saturated carbocycles. The summed E-state index contributed by atoms with van der Waals surface area (Å²) in [6.07, 6.45) is 0.709. The number of carbonyl (C=O) groups is 1. The second kappa shape index (κ2) is 5.55. The molecule has 0 aliphatic carbocycles. The molecule has 1 rings (SSSR count). The summed E-state index contributed by atoms with van der Waals surface area (Å²) in [7, 11) is 0. The second-order valence-corrected chi connectivity index (χ2v) is 3.39. The van der Waals surface area contributed by atoms with E-state index in [2.05, 4.69) is 5.32 Å². The van der Waals surface area contributed by atoms with Gasteiger partial charge in [0, 0.05) is 5.56 Å². The zero-order valence-electron chi connectivity index (χ0n) is 8.84. The van der Waals surface area contributed by atoms with E-state index in [1.54, 1.807) is 0 Å². The van der Waals surface area contributed by atoms with E-state index in [0.717, 1.165) is 18.2 Å². The summed E-state index contributed by atoms with van der Waals surface area (Å²) in [6.45, 7) is 2.28. The first-order valence-electron chi connectivity index (χ1n) is 4.97. The Morgan fingerprint density at radius 3 is 2.75 bits per heavy atom. The summed E-state index contributed by atoms with van der Waals surface area (Å²) in [6, 6.07) is 1.57. The highest BCUT2D eigenvalue weighted by Crippen LogP contribution is 2.18. The molecule has 0 aliphatic heterocycles. The van der Waals surface area contributed by atoms with E-state index < -0.39 is 23.6 Å². The minimum absolute atomic E-state index is 0.180. The molecule has 0 fully saturated rings. The molecule has 5 heteroatoms. The van der Waals surface area contributed by atoms with Crippen molar-refractivity contribution in [1.29, 1.82) is 0 Å². The van der Waals surface area contributed by atoms with Gasteiger partial charge in [0.25, 0.3) is 0 Å².